The van der Waals surface area contributed by atoms with Gasteiger partial charge in [-0.3, -0.25) is 0 Å². The summed E-state index contributed by atoms with van der Waals surface area (Å²) in [6.07, 6.45) is 3.61. The standard InChI is InChI=1S/C16H23NO2/c1-10-4-6-14(18-10)15(17)11-5-7-13-12(8-11)9-16(2,3)19-13/h5,7-8,10,14-15H,4,6,9,17H2,1-3H3. The molecule has 3 heteroatoms. The summed E-state index contributed by atoms with van der Waals surface area (Å²) in [6, 6.07) is 6.30. The van der Waals surface area contributed by atoms with Crippen molar-refractivity contribution in [3.8, 4) is 5.75 Å². The Kier molecular flexibility index (Phi) is 3.06. The molecule has 0 amide bonds. The third-order valence-electron chi connectivity index (χ3n) is 4.14. The zero-order valence-electron chi connectivity index (χ0n) is 12.0. The lowest BCUT2D eigenvalue weighted by Gasteiger charge is -2.20. The normalized spacial score (nSPS) is 29.9. The zero-order chi connectivity index (χ0) is 13.6. The van der Waals surface area contributed by atoms with E-state index in [1.165, 1.54) is 11.1 Å². The van der Waals surface area contributed by atoms with Gasteiger partial charge < -0.3 is 15.2 Å². The number of hydrogen-bond acceptors (Lipinski definition) is 3. The first-order valence-electron chi connectivity index (χ1n) is 7.17. The van der Waals surface area contributed by atoms with Crippen LogP contribution in [0.4, 0.5) is 0 Å². The van der Waals surface area contributed by atoms with Gasteiger partial charge in [0.2, 0.25) is 0 Å². The first-order valence-corrected chi connectivity index (χ1v) is 7.17. The summed E-state index contributed by atoms with van der Waals surface area (Å²) in [5, 5.41) is 0. The molecule has 3 atom stereocenters. The van der Waals surface area contributed by atoms with Crippen LogP contribution in [0.1, 0.15) is 50.8 Å². The monoisotopic (exact) mass is 261 g/mol. The van der Waals surface area contributed by atoms with Crippen LogP contribution in [0.5, 0.6) is 5.75 Å². The van der Waals surface area contributed by atoms with Gasteiger partial charge in [0.25, 0.3) is 0 Å². The van der Waals surface area contributed by atoms with Gasteiger partial charge in [-0.05, 0) is 50.8 Å². The van der Waals surface area contributed by atoms with E-state index < -0.39 is 0 Å². The minimum Gasteiger partial charge on any atom is -0.487 e. The predicted octanol–water partition coefficient (Wildman–Crippen LogP) is 2.97. The fourth-order valence-electron chi connectivity index (χ4n) is 3.15. The molecule has 2 N–H and O–H groups in total. The SMILES string of the molecule is CC1CCC(C(N)c2ccc3c(c2)CC(C)(C)O3)O1. The van der Waals surface area contributed by atoms with Crippen LogP contribution in [-0.4, -0.2) is 17.8 Å². The van der Waals surface area contributed by atoms with Gasteiger partial charge in [-0.25, -0.2) is 0 Å². The van der Waals surface area contributed by atoms with E-state index in [4.69, 9.17) is 15.2 Å². The van der Waals surface area contributed by atoms with Crippen molar-refractivity contribution in [2.75, 3.05) is 0 Å². The van der Waals surface area contributed by atoms with Gasteiger partial charge in [-0.2, -0.15) is 0 Å². The Morgan fingerprint density at radius 3 is 2.79 bits per heavy atom. The number of nitrogens with two attached hydrogens (primary N) is 1. The van der Waals surface area contributed by atoms with E-state index in [0.29, 0.717) is 6.10 Å². The molecule has 0 spiro atoms. The Morgan fingerprint density at radius 1 is 1.32 bits per heavy atom. The van der Waals surface area contributed by atoms with Crippen LogP contribution < -0.4 is 10.5 Å². The lowest BCUT2D eigenvalue weighted by molar-refractivity contribution is 0.0401. The molecule has 0 aromatic heterocycles. The second-order valence-corrected chi connectivity index (χ2v) is 6.49. The Morgan fingerprint density at radius 2 is 2.11 bits per heavy atom. The number of ether oxygens (including phenoxy) is 2. The average molecular weight is 261 g/mol. The lowest BCUT2D eigenvalue weighted by Crippen LogP contribution is -2.26. The fraction of sp³-hybridized carbons (Fsp3) is 0.625. The van der Waals surface area contributed by atoms with Gasteiger partial charge in [0.15, 0.2) is 0 Å². The fourth-order valence-corrected chi connectivity index (χ4v) is 3.15. The van der Waals surface area contributed by atoms with Crippen molar-refractivity contribution in [2.24, 2.45) is 5.73 Å². The van der Waals surface area contributed by atoms with E-state index in [1.807, 2.05) is 0 Å². The molecule has 3 rings (SSSR count). The van der Waals surface area contributed by atoms with Gasteiger partial charge >= 0.3 is 0 Å². The molecule has 3 nitrogen and oxygen atoms in total. The summed E-state index contributed by atoms with van der Waals surface area (Å²) >= 11 is 0. The van der Waals surface area contributed by atoms with Crippen LogP contribution in [0.25, 0.3) is 0 Å². The Balaban J connectivity index is 1.80. The van der Waals surface area contributed by atoms with Crippen molar-refractivity contribution in [1.82, 2.24) is 0 Å². The minimum absolute atomic E-state index is 0.0287. The molecule has 0 aliphatic carbocycles. The highest BCUT2D eigenvalue weighted by Crippen LogP contribution is 2.37. The topological polar surface area (TPSA) is 44.5 Å². The van der Waals surface area contributed by atoms with Crippen molar-refractivity contribution in [3.63, 3.8) is 0 Å². The molecule has 2 aliphatic rings. The average Bonchev–Trinajstić information content (AvgIpc) is 2.88. The molecule has 1 aromatic rings. The van der Waals surface area contributed by atoms with Crippen LogP contribution in [0.2, 0.25) is 0 Å². The van der Waals surface area contributed by atoms with Gasteiger partial charge in [0, 0.05) is 6.42 Å². The minimum atomic E-state index is -0.0938. The smallest absolute Gasteiger partial charge is 0.123 e. The van der Waals surface area contributed by atoms with Gasteiger partial charge in [-0.15, -0.1) is 0 Å². The maximum Gasteiger partial charge on any atom is 0.123 e. The van der Waals surface area contributed by atoms with Crippen molar-refractivity contribution in [3.05, 3.63) is 29.3 Å². The number of rotatable bonds is 2. The summed E-state index contributed by atoms with van der Waals surface area (Å²) in [4.78, 5) is 0. The van der Waals surface area contributed by atoms with E-state index in [0.717, 1.165) is 25.0 Å². The molecule has 104 valence electrons. The second kappa shape index (κ2) is 4.50. The van der Waals surface area contributed by atoms with Crippen molar-refractivity contribution in [2.45, 2.75) is 63.9 Å². The van der Waals surface area contributed by atoms with E-state index >= 15 is 0 Å². The Labute approximate surface area is 115 Å². The molecule has 1 saturated heterocycles. The van der Waals surface area contributed by atoms with E-state index in [9.17, 15) is 0 Å². The summed E-state index contributed by atoms with van der Waals surface area (Å²) in [7, 11) is 0. The van der Waals surface area contributed by atoms with E-state index in [-0.39, 0.29) is 17.7 Å². The van der Waals surface area contributed by atoms with Crippen LogP contribution in [0.15, 0.2) is 18.2 Å². The first kappa shape index (κ1) is 12.9. The van der Waals surface area contributed by atoms with Crippen LogP contribution in [-0.2, 0) is 11.2 Å². The van der Waals surface area contributed by atoms with Crippen LogP contribution in [0.3, 0.4) is 0 Å². The van der Waals surface area contributed by atoms with Crippen molar-refractivity contribution in [1.29, 1.82) is 0 Å². The largest absolute Gasteiger partial charge is 0.487 e. The Bertz CT molecular complexity index is 484. The summed E-state index contributed by atoms with van der Waals surface area (Å²) in [5.74, 6) is 1.00. The van der Waals surface area contributed by atoms with Crippen molar-refractivity contribution >= 4 is 0 Å². The number of benzene rings is 1. The zero-order valence-corrected chi connectivity index (χ0v) is 12.0. The molecule has 2 aliphatic heterocycles. The van der Waals surface area contributed by atoms with Crippen LogP contribution in [0, 0.1) is 0 Å². The quantitative estimate of drug-likeness (QED) is 0.890. The summed E-state index contributed by atoms with van der Waals surface area (Å²) < 4.78 is 11.8. The molecule has 2 heterocycles. The third-order valence-corrected chi connectivity index (χ3v) is 4.14. The number of fused-ring (bicyclic) bond motifs is 1. The molecular formula is C16H23NO2. The molecule has 3 unspecified atom stereocenters. The van der Waals surface area contributed by atoms with Crippen molar-refractivity contribution < 1.29 is 9.47 Å². The van der Waals surface area contributed by atoms with Gasteiger partial charge in [0.05, 0.1) is 18.2 Å². The molecule has 0 saturated carbocycles. The van der Waals surface area contributed by atoms with Gasteiger partial charge in [-0.1, -0.05) is 12.1 Å². The third kappa shape index (κ3) is 2.49. The van der Waals surface area contributed by atoms with E-state index in [1.54, 1.807) is 0 Å². The van der Waals surface area contributed by atoms with E-state index in [2.05, 4.69) is 39.0 Å². The summed E-state index contributed by atoms with van der Waals surface area (Å²) in [5.41, 5.74) is 8.70. The lowest BCUT2D eigenvalue weighted by atomic mass is 9.95. The van der Waals surface area contributed by atoms with Crippen LogP contribution >= 0.6 is 0 Å². The predicted molar refractivity (Wildman–Crippen MR) is 75.4 cm³/mol. The molecular weight excluding hydrogens is 238 g/mol. The molecule has 19 heavy (non-hydrogen) atoms. The van der Waals surface area contributed by atoms with Gasteiger partial charge in [0.1, 0.15) is 11.4 Å². The Hall–Kier alpha value is -1.06. The highest BCUT2D eigenvalue weighted by Gasteiger charge is 2.32. The summed E-state index contributed by atoms with van der Waals surface area (Å²) in [6.45, 7) is 6.36. The maximum atomic E-state index is 6.36. The molecule has 0 bridgehead atoms. The molecule has 1 aromatic carbocycles. The number of hydrogen-bond donors (Lipinski definition) is 1. The maximum absolute atomic E-state index is 6.36. The molecule has 1 fully saturated rings. The second-order valence-electron chi connectivity index (χ2n) is 6.49. The first-order chi connectivity index (χ1) is 8.94. The highest BCUT2D eigenvalue weighted by molar-refractivity contribution is 5.42. The highest BCUT2D eigenvalue weighted by atomic mass is 16.5. The molecule has 0 radical (unpaired) electrons.